The molecule has 4 aromatic heterocycles. The lowest BCUT2D eigenvalue weighted by molar-refractivity contribution is 0.769. The van der Waals surface area contributed by atoms with Gasteiger partial charge in [0.15, 0.2) is 11.5 Å². The van der Waals surface area contributed by atoms with Crippen LogP contribution in [0.15, 0.2) is 30.7 Å². The van der Waals surface area contributed by atoms with Crippen molar-refractivity contribution in [2.24, 2.45) is 0 Å². The van der Waals surface area contributed by atoms with E-state index in [4.69, 9.17) is 5.10 Å². The lowest BCUT2D eigenvalue weighted by atomic mass is 10.3. The average molecular weight is 349 g/mol. The first-order chi connectivity index (χ1) is 12.8. The predicted molar refractivity (Wildman–Crippen MR) is 98.5 cm³/mol. The summed E-state index contributed by atoms with van der Waals surface area (Å²) in [6, 6.07) is 6.03. The fourth-order valence-corrected chi connectivity index (χ4v) is 3.52. The monoisotopic (exact) mass is 349 g/mol. The molecule has 5 rings (SSSR count). The van der Waals surface area contributed by atoms with Gasteiger partial charge in [0.05, 0.1) is 5.39 Å². The van der Waals surface area contributed by atoms with Crippen molar-refractivity contribution < 1.29 is 0 Å². The number of aryl methyl sites for hydroxylation is 1. The molecule has 0 bridgehead atoms. The van der Waals surface area contributed by atoms with E-state index in [2.05, 4.69) is 34.9 Å². The summed E-state index contributed by atoms with van der Waals surface area (Å²) in [5.74, 6) is 2.75. The summed E-state index contributed by atoms with van der Waals surface area (Å²) in [6.07, 6.45) is 4.57. The molecule has 1 N–H and O–H groups in total. The van der Waals surface area contributed by atoms with Crippen molar-refractivity contribution in [3.63, 3.8) is 0 Å². The molecule has 0 aliphatic carbocycles. The van der Waals surface area contributed by atoms with E-state index in [0.717, 1.165) is 66.7 Å². The SMILES string of the molecule is Cc1nnc2ccc(N3CCCN(c4ncnc5[nH]ccc45)CC3)nn12. The molecule has 1 saturated heterocycles. The van der Waals surface area contributed by atoms with Crippen molar-refractivity contribution in [3.05, 3.63) is 36.5 Å². The molecular weight excluding hydrogens is 330 g/mol. The average Bonchev–Trinajstić information content (AvgIpc) is 3.21. The van der Waals surface area contributed by atoms with Crippen LogP contribution < -0.4 is 9.80 Å². The van der Waals surface area contributed by atoms with Gasteiger partial charge in [-0.2, -0.15) is 4.52 Å². The van der Waals surface area contributed by atoms with Gasteiger partial charge in [-0.25, -0.2) is 9.97 Å². The fraction of sp³-hybridized carbons (Fsp3) is 0.353. The quantitative estimate of drug-likeness (QED) is 0.585. The number of hydrogen-bond acceptors (Lipinski definition) is 7. The van der Waals surface area contributed by atoms with Gasteiger partial charge in [-0.15, -0.1) is 15.3 Å². The van der Waals surface area contributed by atoms with Gasteiger partial charge in [-0.3, -0.25) is 0 Å². The van der Waals surface area contributed by atoms with Crippen molar-refractivity contribution >= 4 is 28.3 Å². The molecule has 0 saturated carbocycles. The first kappa shape index (κ1) is 15.1. The highest BCUT2D eigenvalue weighted by Crippen LogP contribution is 2.24. The van der Waals surface area contributed by atoms with Gasteiger partial charge >= 0.3 is 0 Å². The minimum Gasteiger partial charge on any atom is -0.354 e. The van der Waals surface area contributed by atoms with E-state index < -0.39 is 0 Å². The summed E-state index contributed by atoms with van der Waals surface area (Å²) in [4.78, 5) is 16.6. The molecule has 1 aliphatic heterocycles. The lowest BCUT2D eigenvalue weighted by Gasteiger charge is -2.23. The molecule has 1 aliphatic rings. The Kier molecular flexibility index (Phi) is 3.44. The summed E-state index contributed by atoms with van der Waals surface area (Å²) >= 11 is 0. The summed E-state index contributed by atoms with van der Waals surface area (Å²) in [6.45, 7) is 5.60. The van der Waals surface area contributed by atoms with E-state index in [-0.39, 0.29) is 0 Å². The number of rotatable bonds is 2. The molecule has 1 fully saturated rings. The van der Waals surface area contributed by atoms with Crippen molar-refractivity contribution in [3.8, 4) is 0 Å². The second kappa shape index (κ2) is 5.94. The van der Waals surface area contributed by atoms with Crippen LogP contribution >= 0.6 is 0 Å². The van der Waals surface area contributed by atoms with Crippen LogP contribution in [0.4, 0.5) is 11.6 Å². The van der Waals surface area contributed by atoms with Gasteiger partial charge in [0, 0.05) is 32.4 Å². The van der Waals surface area contributed by atoms with Gasteiger partial charge in [-0.05, 0) is 31.5 Å². The lowest BCUT2D eigenvalue weighted by Crippen LogP contribution is -2.32. The normalized spacial score (nSPS) is 15.7. The standard InChI is InChI=1S/C17H19N9/c1-12-21-22-14-3-4-15(23-26(12)14)24-7-2-8-25(10-9-24)17-13-5-6-18-16(13)19-11-20-17/h3-6,11H,2,7-10H2,1H3,(H,18,19,20). The van der Waals surface area contributed by atoms with E-state index in [0.29, 0.717) is 0 Å². The minimum atomic E-state index is 0.776. The third-order valence-electron chi connectivity index (χ3n) is 4.86. The Morgan fingerprint density at radius 3 is 2.81 bits per heavy atom. The number of nitrogens with one attached hydrogen (secondary N) is 1. The van der Waals surface area contributed by atoms with Crippen molar-refractivity contribution in [1.29, 1.82) is 0 Å². The van der Waals surface area contributed by atoms with Gasteiger partial charge in [0.1, 0.15) is 23.6 Å². The molecule has 26 heavy (non-hydrogen) atoms. The van der Waals surface area contributed by atoms with Crippen LogP contribution in [-0.4, -0.2) is 60.9 Å². The van der Waals surface area contributed by atoms with E-state index in [1.807, 2.05) is 31.3 Å². The Morgan fingerprint density at radius 2 is 1.85 bits per heavy atom. The number of aromatic amines is 1. The Labute approximate surface area is 149 Å². The van der Waals surface area contributed by atoms with Crippen LogP contribution in [0.5, 0.6) is 0 Å². The maximum atomic E-state index is 4.71. The fourth-order valence-electron chi connectivity index (χ4n) is 3.52. The predicted octanol–water partition coefficient (Wildman–Crippen LogP) is 1.42. The molecule has 4 aromatic rings. The molecule has 0 aromatic carbocycles. The first-order valence-electron chi connectivity index (χ1n) is 8.77. The highest BCUT2D eigenvalue weighted by molar-refractivity contribution is 5.87. The molecule has 9 nitrogen and oxygen atoms in total. The number of aromatic nitrogens is 7. The first-order valence-corrected chi connectivity index (χ1v) is 8.77. The molecule has 9 heteroatoms. The maximum absolute atomic E-state index is 4.71. The van der Waals surface area contributed by atoms with Crippen LogP contribution in [0.2, 0.25) is 0 Å². The minimum absolute atomic E-state index is 0.776. The smallest absolute Gasteiger partial charge is 0.178 e. The Bertz CT molecular complexity index is 1070. The zero-order valence-corrected chi connectivity index (χ0v) is 14.5. The highest BCUT2D eigenvalue weighted by Gasteiger charge is 2.20. The third kappa shape index (κ3) is 2.43. The molecule has 132 valence electrons. The topological polar surface area (TPSA) is 91.1 Å². The number of hydrogen-bond donors (Lipinski definition) is 1. The Balaban J connectivity index is 1.41. The molecule has 0 radical (unpaired) electrons. The zero-order valence-electron chi connectivity index (χ0n) is 14.5. The second-order valence-electron chi connectivity index (χ2n) is 6.47. The van der Waals surface area contributed by atoms with Gasteiger partial charge in [0.2, 0.25) is 0 Å². The van der Waals surface area contributed by atoms with Gasteiger partial charge in [0.25, 0.3) is 0 Å². The van der Waals surface area contributed by atoms with E-state index in [1.54, 1.807) is 10.8 Å². The van der Waals surface area contributed by atoms with Crippen LogP contribution in [0, 0.1) is 6.92 Å². The molecule has 0 spiro atoms. The molecule has 5 heterocycles. The van der Waals surface area contributed by atoms with Crippen molar-refractivity contribution in [1.82, 2.24) is 34.8 Å². The van der Waals surface area contributed by atoms with E-state index in [9.17, 15) is 0 Å². The van der Waals surface area contributed by atoms with E-state index in [1.165, 1.54) is 0 Å². The van der Waals surface area contributed by atoms with Gasteiger partial charge in [-0.1, -0.05) is 0 Å². The third-order valence-corrected chi connectivity index (χ3v) is 4.86. The summed E-state index contributed by atoms with van der Waals surface area (Å²) < 4.78 is 1.80. The summed E-state index contributed by atoms with van der Waals surface area (Å²) in [5.41, 5.74) is 1.66. The maximum Gasteiger partial charge on any atom is 0.178 e. The summed E-state index contributed by atoms with van der Waals surface area (Å²) in [5, 5.41) is 14.0. The largest absolute Gasteiger partial charge is 0.354 e. The van der Waals surface area contributed by atoms with Gasteiger partial charge < -0.3 is 14.8 Å². The Hall–Kier alpha value is -3.23. The molecule has 0 atom stereocenters. The summed E-state index contributed by atoms with van der Waals surface area (Å²) in [7, 11) is 0. The van der Waals surface area contributed by atoms with E-state index >= 15 is 0 Å². The molecule has 0 unspecified atom stereocenters. The number of nitrogens with zero attached hydrogens (tertiary/aromatic N) is 8. The second-order valence-corrected chi connectivity index (χ2v) is 6.47. The number of anilines is 2. The molecule has 0 amide bonds. The van der Waals surface area contributed by atoms with Crippen molar-refractivity contribution in [2.75, 3.05) is 36.0 Å². The van der Waals surface area contributed by atoms with Crippen molar-refractivity contribution in [2.45, 2.75) is 13.3 Å². The van der Waals surface area contributed by atoms with Crippen LogP contribution in [0.1, 0.15) is 12.2 Å². The zero-order chi connectivity index (χ0) is 17.5. The highest BCUT2D eigenvalue weighted by atomic mass is 15.4. The molecular formula is C17H19N9. The number of H-pyrrole nitrogens is 1. The Morgan fingerprint density at radius 1 is 0.962 bits per heavy atom. The number of fused-ring (bicyclic) bond motifs is 2. The van der Waals surface area contributed by atoms with Crippen LogP contribution in [-0.2, 0) is 0 Å². The van der Waals surface area contributed by atoms with Crippen LogP contribution in [0.3, 0.4) is 0 Å². The van der Waals surface area contributed by atoms with Crippen LogP contribution in [0.25, 0.3) is 16.7 Å².